The van der Waals surface area contributed by atoms with Crippen molar-refractivity contribution in [2.24, 2.45) is 11.8 Å². The van der Waals surface area contributed by atoms with E-state index in [9.17, 15) is 9.59 Å². The standard InChI is InChI=1S/C16H30N2O3/c1-5-21-16(20)14-7-6-10-18(11-14)13(4)15(19)17-9-8-12(2)3/h12-14H,5-11H2,1-4H3,(H,17,19). The number of carbonyl (C=O) groups excluding carboxylic acids is 2. The van der Waals surface area contributed by atoms with E-state index < -0.39 is 0 Å². The number of likely N-dealkylation sites (tertiary alicyclic amines) is 1. The summed E-state index contributed by atoms with van der Waals surface area (Å²) in [5, 5.41) is 2.98. The number of hydrogen-bond acceptors (Lipinski definition) is 4. The van der Waals surface area contributed by atoms with Gasteiger partial charge >= 0.3 is 5.97 Å². The molecule has 2 unspecified atom stereocenters. The Labute approximate surface area is 128 Å². The monoisotopic (exact) mass is 298 g/mol. The Morgan fingerprint density at radius 2 is 2.05 bits per heavy atom. The maximum absolute atomic E-state index is 12.2. The minimum absolute atomic E-state index is 0.0557. The summed E-state index contributed by atoms with van der Waals surface area (Å²) in [6, 6.07) is -0.186. The van der Waals surface area contributed by atoms with E-state index in [1.165, 1.54) is 0 Å². The highest BCUT2D eigenvalue weighted by Gasteiger charge is 2.31. The van der Waals surface area contributed by atoms with Crippen LogP contribution in [0.15, 0.2) is 0 Å². The molecule has 122 valence electrons. The molecule has 5 heteroatoms. The number of nitrogens with one attached hydrogen (secondary N) is 1. The van der Waals surface area contributed by atoms with Crippen molar-refractivity contribution in [1.82, 2.24) is 10.2 Å². The van der Waals surface area contributed by atoms with Crippen molar-refractivity contribution in [2.75, 3.05) is 26.2 Å². The molecule has 0 aromatic rings. The van der Waals surface area contributed by atoms with Crippen molar-refractivity contribution in [3.63, 3.8) is 0 Å². The molecule has 0 aromatic carbocycles. The van der Waals surface area contributed by atoms with Crippen molar-refractivity contribution in [3.05, 3.63) is 0 Å². The van der Waals surface area contributed by atoms with Crippen molar-refractivity contribution < 1.29 is 14.3 Å². The van der Waals surface area contributed by atoms with Crippen LogP contribution in [0.25, 0.3) is 0 Å². The van der Waals surface area contributed by atoms with E-state index >= 15 is 0 Å². The molecule has 1 aliphatic heterocycles. The van der Waals surface area contributed by atoms with Gasteiger partial charge in [0.1, 0.15) is 0 Å². The highest BCUT2D eigenvalue weighted by atomic mass is 16.5. The van der Waals surface area contributed by atoms with Gasteiger partial charge < -0.3 is 10.1 Å². The van der Waals surface area contributed by atoms with Gasteiger partial charge in [-0.3, -0.25) is 14.5 Å². The normalized spacial score (nSPS) is 21.1. The van der Waals surface area contributed by atoms with Gasteiger partial charge in [-0.1, -0.05) is 13.8 Å². The molecule has 0 saturated carbocycles. The molecule has 1 N–H and O–H groups in total. The lowest BCUT2D eigenvalue weighted by Gasteiger charge is -2.35. The fraction of sp³-hybridized carbons (Fsp3) is 0.875. The number of esters is 1. The van der Waals surface area contributed by atoms with Crippen LogP contribution < -0.4 is 5.32 Å². The van der Waals surface area contributed by atoms with Gasteiger partial charge in [-0.2, -0.15) is 0 Å². The number of carbonyl (C=O) groups is 2. The Morgan fingerprint density at radius 1 is 1.33 bits per heavy atom. The first-order valence-corrected chi connectivity index (χ1v) is 8.14. The number of hydrogen-bond donors (Lipinski definition) is 1. The molecule has 1 saturated heterocycles. The number of amides is 1. The van der Waals surface area contributed by atoms with E-state index in [0.717, 1.165) is 32.4 Å². The van der Waals surface area contributed by atoms with Crippen molar-refractivity contribution in [3.8, 4) is 0 Å². The summed E-state index contributed by atoms with van der Waals surface area (Å²) in [5.74, 6) is 0.420. The van der Waals surface area contributed by atoms with E-state index in [1.54, 1.807) is 0 Å². The van der Waals surface area contributed by atoms with Crippen molar-refractivity contribution in [2.45, 2.75) is 53.0 Å². The second kappa shape index (κ2) is 9.03. The molecule has 1 rings (SSSR count). The number of nitrogens with zero attached hydrogens (tertiary/aromatic N) is 1. The zero-order valence-electron chi connectivity index (χ0n) is 13.9. The summed E-state index contributed by atoms with van der Waals surface area (Å²) in [6.45, 7) is 10.7. The number of rotatable bonds is 7. The minimum atomic E-state index is -0.186. The lowest BCUT2D eigenvalue weighted by atomic mass is 9.97. The van der Waals surface area contributed by atoms with E-state index in [-0.39, 0.29) is 23.8 Å². The van der Waals surface area contributed by atoms with Gasteiger partial charge in [-0.15, -0.1) is 0 Å². The van der Waals surface area contributed by atoms with Crippen LogP contribution in [0.5, 0.6) is 0 Å². The number of piperidine rings is 1. The maximum Gasteiger partial charge on any atom is 0.310 e. The van der Waals surface area contributed by atoms with Gasteiger partial charge in [0.15, 0.2) is 0 Å². The SMILES string of the molecule is CCOC(=O)C1CCCN(C(C)C(=O)NCCC(C)C)C1. The predicted octanol–water partition coefficient (Wildman–Crippen LogP) is 1.81. The quantitative estimate of drug-likeness (QED) is 0.728. The van der Waals surface area contributed by atoms with E-state index in [2.05, 4.69) is 24.1 Å². The second-order valence-electron chi connectivity index (χ2n) is 6.24. The Balaban J connectivity index is 2.43. The lowest BCUT2D eigenvalue weighted by Crippen LogP contribution is -2.50. The predicted molar refractivity (Wildman–Crippen MR) is 82.9 cm³/mol. The average Bonchev–Trinajstić information content (AvgIpc) is 2.46. The summed E-state index contributed by atoms with van der Waals surface area (Å²) in [7, 11) is 0. The molecule has 0 aliphatic carbocycles. The Hall–Kier alpha value is -1.10. The number of ether oxygens (including phenoxy) is 1. The van der Waals surface area contributed by atoms with E-state index in [0.29, 0.717) is 19.1 Å². The zero-order chi connectivity index (χ0) is 15.8. The summed E-state index contributed by atoms with van der Waals surface area (Å²) < 4.78 is 5.09. The van der Waals surface area contributed by atoms with Gasteiger partial charge in [0, 0.05) is 13.1 Å². The molecule has 2 atom stereocenters. The molecule has 5 nitrogen and oxygen atoms in total. The molecule has 1 fully saturated rings. The highest BCUT2D eigenvalue weighted by Crippen LogP contribution is 2.19. The summed E-state index contributed by atoms with van der Waals surface area (Å²) in [4.78, 5) is 26.1. The first-order valence-electron chi connectivity index (χ1n) is 8.14. The first-order chi connectivity index (χ1) is 9.95. The molecule has 0 spiro atoms. The van der Waals surface area contributed by atoms with Gasteiger partial charge in [-0.25, -0.2) is 0 Å². The molecule has 0 radical (unpaired) electrons. The zero-order valence-corrected chi connectivity index (χ0v) is 13.9. The average molecular weight is 298 g/mol. The molecule has 1 heterocycles. The van der Waals surface area contributed by atoms with Crippen LogP contribution in [0, 0.1) is 11.8 Å². The molecule has 0 bridgehead atoms. The third-order valence-corrected chi connectivity index (χ3v) is 4.02. The Kier molecular flexibility index (Phi) is 7.72. The molecule has 0 aromatic heterocycles. The van der Waals surface area contributed by atoms with Gasteiger partial charge in [0.05, 0.1) is 18.6 Å². The summed E-state index contributed by atoms with van der Waals surface area (Å²) in [5.41, 5.74) is 0. The van der Waals surface area contributed by atoms with Gasteiger partial charge in [-0.05, 0) is 45.6 Å². The van der Waals surface area contributed by atoms with Crippen LogP contribution in [-0.4, -0.2) is 49.1 Å². The van der Waals surface area contributed by atoms with E-state index in [4.69, 9.17) is 4.74 Å². The molecular weight excluding hydrogens is 268 g/mol. The first kappa shape index (κ1) is 18.0. The van der Waals surface area contributed by atoms with Gasteiger partial charge in [0.25, 0.3) is 0 Å². The topological polar surface area (TPSA) is 58.6 Å². The minimum Gasteiger partial charge on any atom is -0.466 e. The lowest BCUT2D eigenvalue weighted by molar-refractivity contribution is -0.151. The maximum atomic E-state index is 12.2. The molecule has 21 heavy (non-hydrogen) atoms. The smallest absolute Gasteiger partial charge is 0.310 e. The van der Waals surface area contributed by atoms with Crippen LogP contribution in [0.4, 0.5) is 0 Å². The summed E-state index contributed by atoms with van der Waals surface area (Å²) >= 11 is 0. The fourth-order valence-electron chi connectivity index (χ4n) is 2.61. The third kappa shape index (κ3) is 6.04. The Bertz CT molecular complexity index is 344. The highest BCUT2D eigenvalue weighted by molar-refractivity contribution is 5.81. The molecule has 1 aliphatic rings. The van der Waals surface area contributed by atoms with Crippen LogP contribution in [0.1, 0.15) is 47.0 Å². The van der Waals surface area contributed by atoms with E-state index in [1.807, 2.05) is 13.8 Å². The molecule has 1 amide bonds. The van der Waals surface area contributed by atoms with Crippen LogP contribution >= 0.6 is 0 Å². The van der Waals surface area contributed by atoms with Crippen LogP contribution in [0.3, 0.4) is 0 Å². The largest absolute Gasteiger partial charge is 0.466 e. The fourth-order valence-corrected chi connectivity index (χ4v) is 2.61. The summed E-state index contributed by atoms with van der Waals surface area (Å²) in [6.07, 6.45) is 2.79. The van der Waals surface area contributed by atoms with Crippen LogP contribution in [0.2, 0.25) is 0 Å². The van der Waals surface area contributed by atoms with Gasteiger partial charge in [0.2, 0.25) is 5.91 Å². The molecular formula is C16H30N2O3. The second-order valence-corrected chi connectivity index (χ2v) is 6.24. The van der Waals surface area contributed by atoms with Crippen LogP contribution in [-0.2, 0) is 14.3 Å². The third-order valence-electron chi connectivity index (χ3n) is 4.02. The van der Waals surface area contributed by atoms with Crippen molar-refractivity contribution >= 4 is 11.9 Å². The Morgan fingerprint density at radius 3 is 2.67 bits per heavy atom. The van der Waals surface area contributed by atoms with Crippen molar-refractivity contribution in [1.29, 1.82) is 0 Å².